The largest absolute Gasteiger partial charge is 0.490 e. The van der Waals surface area contributed by atoms with Gasteiger partial charge in [-0.1, -0.05) is 6.07 Å². The van der Waals surface area contributed by atoms with Gasteiger partial charge in [0, 0.05) is 6.42 Å². The fourth-order valence-electron chi connectivity index (χ4n) is 1.74. The first-order valence-electron chi connectivity index (χ1n) is 6.04. The number of carboxylic acids is 1. The van der Waals surface area contributed by atoms with Crippen LogP contribution < -0.4 is 9.47 Å². The maximum atomic E-state index is 10.3. The first-order valence-corrected chi connectivity index (χ1v) is 6.04. The lowest BCUT2D eigenvalue weighted by Crippen LogP contribution is -2.13. The van der Waals surface area contributed by atoms with Crippen LogP contribution in [0.1, 0.15) is 18.1 Å². The second-order valence-electron chi connectivity index (χ2n) is 4.18. The van der Waals surface area contributed by atoms with Crippen molar-refractivity contribution in [2.75, 3.05) is 26.4 Å². The monoisotopic (exact) mass is 268 g/mol. The second kappa shape index (κ2) is 6.40. The van der Waals surface area contributed by atoms with Crippen LogP contribution in [-0.2, 0) is 9.53 Å². The lowest BCUT2D eigenvalue weighted by molar-refractivity contribution is -0.143. The van der Waals surface area contributed by atoms with Gasteiger partial charge < -0.3 is 24.4 Å². The molecule has 1 unspecified atom stereocenters. The summed E-state index contributed by atoms with van der Waals surface area (Å²) in [5, 5.41) is 18.3. The zero-order valence-corrected chi connectivity index (χ0v) is 10.4. The molecule has 1 atom stereocenters. The molecule has 2 N–H and O–H groups in total. The van der Waals surface area contributed by atoms with Gasteiger partial charge >= 0.3 is 5.97 Å². The van der Waals surface area contributed by atoms with E-state index >= 15 is 0 Å². The molecule has 0 saturated carbocycles. The normalized spacial score (nSPS) is 15.6. The number of fused-ring (bicyclic) bond motifs is 1. The van der Waals surface area contributed by atoms with Crippen molar-refractivity contribution in [3.8, 4) is 11.5 Å². The van der Waals surface area contributed by atoms with E-state index in [9.17, 15) is 9.90 Å². The fraction of sp³-hybridized carbons (Fsp3) is 0.462. The van der Waals surface area contributed by atoms with Gasteiger partial charge in [0.2, 0.25) is 0 Å². The van der Waals surface area contributed by atoms with Gasteiger partial charge in [0.1, 0.15) is 12.7 Å². The molecule has 1 aliphatic heterocycles. The Morgan fingerprint density at radius 2 is 2.05 bits per heavy atom. The van der Waals surface area contributed by atoms with Crippen LogP contribution in [0.2, 0.25) is 0 Å². The average Bonchev–Trinajstić information content (AvgIpc) is 2.62. The van der Waals surface area contributed by atoms with E-state index in [1.54, 1.807) is 18.2 Å². The average molecular weight is 268 g/mol. The van der Waals surface area contributed by atoms with E-state index in [0.29, 0.717) is 30.3 Å². The van der Waals surface area contributed by atoms with Gasteiger partial charge in [-0.25, -0.2) is 4.79 Å². The highest BCUT2D eigenvalue weighted by atomic mass is 16.5. The summed E-state index contributed by atoms with van der Waals surface area (Å²) in [5.41, 5.74) is 0.606. The Kier molecular flexibility index (Phi) is 4.59. The topological polar surface area (TPSA) is 85.2 Å². The zero-order chi connectivity index (χ0) is 13.7. The van der Waals surface area contributed by atoms with Crippen molar-refractivity contribution in [3.63, 3.8) is 0 Å². The molecule has 0 bridgehead atoms. The number of carboxylic acid groups (broad SMARTS) is 1. The Bertz CT molecular complexity index is 445. The van der Waals surface area contributed by atoms with Crippen LogP contribution in [0.15, 0.2) is 18.2 Å². The number of hydrogen-bond donors (Lipinski definition) is 2. The number of aliphatic hydroxyl groups excluding tert-OH is 1. The molecule has 0 aromatic heterocycles. The zero-order valence-electron chi connectivity index (χ0n) is 10.4. The first-order chi connectivity index (χ1) is 9.16. The predicted molar refractivity (Wildman–Crippen MR) is 65.5 cm³/mol. The molecule has 104 valence electrons. The molecular formula is C13H16O6. The molecule has 1 aliphatic rings. The summed E-state index contributed by atoms with van der Waals surface area (Å²) in [5.74, 6) is 0.179. The van der Waals surface area contributed by atoms with Gasteiger partial charge in [-0.15, -0.1) is 0 Å². The van der Waals surface area contributed by atoms with Gasteiger partial charge in [-0.2, -0.15) is 0 Å². The summed E-state index contributed by atoms with van der Waals surface area (Å²) in [4.78, 5) is 10.3. The minimum Gasteiger partial charge on any atom is -0.490 e. The van der Waals surface area contributed by atoms with Crippen LogP contribution in [-0.4, -0.2) is 42.6 Å². The Hall–Kier alpha value is -1.79. The maximum Gasteiger partial charge on any atom is 0.329 e. The van der Waals surface area contributed by atoms with Crippen molar-refractivity contribution in [3.05, 3.63) is 23.8 Å². The van der Waals surface area contributed by atoms with Crippen LogP contribution >= 0.6 is 0 Å². The van der Waals surface area contributed by atoms with Crippen LogP contribution in [0.3, 0.4) is 0 Å². The summed E-state index contributed by atoms with van der Waals surface area (Å²) < 4.78 is 15.8. The smallest absolute Gasteiger partial charge is 0.329 e. The highest BCUT2D eigenvalue weighted by Crippen LogP contribution is 2.32. The number of carbonyl (C=O) groups is 1. The van der Waals surface area contributed by atoms with Gasteiger partial charge in [0.15, 0.2) is 11.5 Å². The Labute approximate surface area is 110 Å². The van der Waals surface area contributed by atoms with Crippen LogP contribution in [0.25, 0.3) is 0 Å². The standard InChI is InChI=1S/C13H16O6/c14-10(7-17-8-13(15)16)9-2-3-11-12(6-9)19-5-1-4-18-11/h2-3,6,10,14H,1,4-5,7-8H2,(H,15,16). The Morgan fingerprint density at radius 1 is 1.32 bits per heavy atom. The minimum absolute atomic E-state index is 0.0774. The van der Waals surface area contributed by atoms with E-state index in [1.165, 1.54) is 0 Å². The number of aliphatic hydroxyl groups is 1. The lowest BCUT2D eigenvalue weighted by Gasteiger charge is -2.13. The van der Waals surface area contributed by atoms with Crippen LogP contribution in [0.4, 0.5) is 0 Å². The molecule has 1 aromatic rings. The highest BCUT2D eigenvalue weighted by molar-refractivity contribution is 5.67. The Balaban J connectivity index is 2.00. The fourth-order valence-corrected chi connectivity index (χ4v) is 1.74. The van der Waals surface area contributed by atoms with E-state index in [0.717, 1.165) is 6.42 Å². The third-order valence-electron chi connectivity index (χ3n) is 2.66. The van der Waals surface area contributed by atoms with Crippen molar-refractivity contribution in [1.82, 2.24) is 0 Å². The summed E-state index contributed by atoms with van der Waals surface area (Å²) in [6.45, 7) is 0.673. The molecule has 0 spiro atoms. The predicted octanol–water partition coefficient (Wildman–Crippen LogP) is 0.982. The van der Waals surface area contributed by atoms with Crippen molar-refractivity contribution < 1.29 is 29.2 Å². The molecule has 0 radical (unpaired) electrons. The number of aliphatic carboxylic acids is 1. The van der Waals surface area contributed by atoms with Crippen molar-refractivity contribution in [2.24, 2.45) is 0 Å². The minimum atomic E-state index is -1.06. The molecule has 6 nitrogen and oxygen atoms in total. The number of rotatable bonds is 5. The van der Waals surface area contributed by atoms with E-state index in [4.69, 9.17) is 19.3 Å². The molecule has 1 aromatic carbocycles. The quantitative estimate of drug-likeness (QED) is 0.828. The summed E-state index contributed by atoms with van der Waals surface area (Å²) in [6, 6.07) is 5.13. The van der Waals surface area contributed by atoms with Gasteiger partial charge in [0.25, 0.3) is 0 Å². The van der Waals surface area contributed by atoms with E-state index in [-0.39, 0.29) is 6.61 Å². The maximum absolute atomic E-state index is 10.3. The summed E-state index contributed by atoms with van der Waals surface area (Å²) >= 11 is 0. The van der Waals surface area contributed by atoms with Crippen molar-refractivity contribution >= 4 is 5.97 Å². The van der Waals surface area contributed by atoms with Gasteiger partial charge in [-0.3, -0.25) is 0 Å². The SMILES string of the molecule is O=C(O)COCC(O)c1ccc2c(c1)OCCCO2. The number of ether oxygens (including phenoxy) is 3. The Morgan fingerprint density at radius 3 is 2.79 bits per heavy atom. The third-order valence-corrected chi connectivity index (χ3v) is 2.66. The van der Waals surface area contributed by atoms with E-state index in [1.807, 2.05) is 0 Å². The van der Waals surface area contributed by atoms with Gasteiger partial charge in [0.05, 0.1) is 19.8 Å². The summed E-state index contributed by atoms with van der Waals surface area (Å²) in [7, 11) is 0. The third kappa shape index (κ3) is 3.84. The molecule has 6 heteroatoms. The van der Waals surface area contributed by atoms with E-state index in [2.05, 4.69) is 0 Å². The molecule has 19 heavy (non-hydrogen) atoms. The molecule has 0 aliphatic carbocycles. The first kappa shape index (κ1) is 13.6. The molecule has 0 fully saturated rings. The van der Waals surface area contributed by atoms with Crippen LogP contribution in [0.5, 0.6) is 11.5 Å². The molecule has 2 rings (SSSR count). The van der Waals surface area contributed by atoms with E-state index < -0.39 is 18.7 Å². The van der Waals surface area contributed by atoms with Crippen molar-refractivity contribution in [1.29, 1.82) is 0 Å². The van der Waals surface area contributed by atoms with Crippen molar-refractivity contribution in [2.45, 2.75) is 12.5 Å². The molecule has 1 heterocycles. The number of hydrogen-bond acceptors (Lipinski definition) is 5. The second-order valence-corrected chi connectivity index (χ2v) is 4.18. The molecule has 0 saturated heterocycles. The highest BCUT2D eigenvalue weighted by Gasteiger charge is 2.15. The number of benzene rings is 1. The molecular weight excluding hydrogens is 252 g/mol. The van der Waals surface area contributed by atoms with Crippen LogP contribution in [0, 0.1) is 0 Å². The lowest BCUT2D eigenvalue weighted by atomic mass is 10.1. The summed E-state index contributed by atoms with van der Waals surface area (Å²) in [6.07, 6.45) is -0.0783. The van der Waals surface area contributed by atoms with Gasteiger partial charge in [-0.05, 0) is 17.7 Å². The molecule has 0 amide bonds.